The monoisotopic (exact) mass is 509 g/mol. The van der Waals surface area contributed by atoms with Gasteiger partial charge in [0.25, 0.3) is 11.8 Å². The molecule has 0 bridgehead atoms. The topological polar surface area (TPSA) is 80.3 Å². The predicted molar refractivity (Wildman–Crippen MR) is 144 cm³/mol. The number of rotatable bonds is 6. The van der Waals surface area contributed by atoms with Gasteiger partial charge in [-0.05, 0) is 61.9 Å². The molecule has 0 unspecified atom stereocenters. The van der Waals surface area contributed by atoms with E-state index in [0.717, 1.165) is 19.0 Å². The van der Waals surface area contributed by atoms with Crippen molar-refractivity contribution in [3.05, 3.63) is 53.6 Å². The highest BCUT2D eigenvalue weighted by Gasteiger charge is 2.31. The molecule has 1 heterocycles. The molecule has 1 N–H and O–H groups in total. The van der Waals surface area contributed by atoms with Crippen molar-refractivity contribution in [1.82, 2.24) is 9.80 Å². The number of fused-ring (bicyclic) bond motifs is 1. The fraction of sp³-hybridized carbons (Fsp3) is 0.517. The number of amides is 2. The molecule has 0 spiro atoms. The summed E-state index contributed by atoms with van der Waals surface area (Å²) in [6, 6.07) is 12.3. The standard InChI is InChI=1S/C29H39N3O5/c1-19-15-32(16-21-9-10-21)20(2)18-37-26-14-23(30-28(33)22-7-6-8-24(13-22)35-4)11-12-25(26)29(34)31(3)17-27(19)36-5/h6-8,11-14,19-21,27H,9-10,15-18H2,1-5H3,(H,30,33)/t19-,20-,27+/m1/s1. The van der Waals surface area contributed by atoms with Crippen LogP contribution < -0.4 is 14.8 Å². The lowest BCUT2D eigenvalue weighted by Crippen LogP contribution is -2.47. The highest BCUT2D eigenvalue weighted by molar-refractivity contribution is 6.05. The molecule has 2 aliphatic rings. The number of nitrogens with one attached hydrogen (secondary N) is 1. The molecule has 0 saturated heterocycles. The Morgan fingerprint density at radius 3 is 2.59 bits per heavy atom. The van der Waals surface area contributed by atoms with Gasteiger partial charge in [-0.1, -0.05) is 13.0 Å². The molecule has 2 amide bonds. The molecule has 1 aliphatic carbocycles. The first kappa shape index (κ1) is 26.9. The maximum absolute atomic E-state index is 13.4. The molecule has 37 heavy (non-hydrogen) atoms. The Morgan fingerprint density at radius 2 is 1.89 bits per heavy atom. The zero-order valence-electron chi connectivity index (χ0n) is 22.5. The minimum Gasteiger partial charge on any atom is -0.497 e. The minimum atomic E-state index is -0.267. The Hall–Kier alpha value is -3.10. The van der Waals surface area contributed by atoms with Crippen LogP contribution in [0.2, 0.25) is 0 Å². The number of carbonyl (C=O) groups excluding carboxylic acids is 2. The molecule has 1 aliphatic heterocycles. The first-order valence-corrected chi connectivity index (χ1v) is 13.0. The number of likely N-dealkylation sites (N-methyl/N-ethyl adjacent to an activating group) is 1. The second-order valence-electron chi connectivity index (χ2n) is 10.4. The van der Waals surface area contributed by atoms with E-state index in [0.29, 0.717) is 41.5 Å². The van der Waals surface area contributed by atoms with Crippen molar-refractivity contribution >= 4 is 17.5 Å². The summed E-state index contributed by atoms with van der Waals surface area (Å²) < 4.78 is 17.3. The Balaban J connectivity index is 1.60. The SMILES string of the molecule is COc1cccc(C(=O)Nc2ccc3c(c2)OC[C@@H](C)N(CC2CC2)C[C@@H](C)[C@@H](OC)CN(C)C3=O)c1. The van der Waals surface area contributed by atoms with Crippen molar-refractivity contribution in [1.29, 1.82) is 0 Å². The number of benzene rings is 2. The first-order valence-electron chi connectivity index (χ1n) is 13.0. The number of hydrogen-bond donors (Lipinski definition) is 1. The number of methoxy groups -OCH3 is 2. The number of anilines is 1. The van der Waals surface area contributed by atoms with Crippen LogP contribution >= 0.6 is 0 Å². The molecule has 4 rings (SSSR count). The Bertz CT molecular complexity index is 1100. The Morgan fingerprint density at radius 1 is 1.11 bits per heavy atom. The van der Waals surface area contributed by atoms with E-state index in [4.69, 9.17) is 14.2 Å². The number of carbonyl (C=O) groups is 2. The van der Waals surface area contributed by atoms with Gasteiger partial charge in [-0.2, -0.15) is 0 Å². The predicted octanol–water partition coefficient (Wildman–Crippen LogP) is 4.16. The fourth-order valence-corrected chi connectivity index (χ4v) is 4.78. The maximum Gasteiger partial charge on any atom is 0.257 e. The average Bonchev–Trinajstić information content (AvgIpc) is 3.73. The third-order valence-electron chi connectivity index (χ3n) is 7.36. The van der Waals surface area contributed by atoms with Crippen molar-refractivity contribution in [3.8, 4) is 11.5 Å². The highest BCUT2D eigenvalue weighted by Crippen LogP contribution is 2.32. The number of ether oxygens (including phenoxy) is 3. The van der Waals surface area contributed by atoms with Crippen LogP contribution in [0.25, 0.3) is 0 Å². The van der Waals surface area contributed by atoms with E-state index in [1.165, 1.54) is 12.8 Å². The van der Waals surface area contributed by atoms with E-state index in [-0.39, 0.29) is 29.9 Å². The molecule has 8 nitrogen and oxygen atoms in total. The van der Waals surface area contributed by atoms with Gasteiger partial charge in [0.15, 0.2) is 0 Å². The van der Waals surface area contributed by atoms with Crippen LogP contribution in [-0.2, 0) is 4.74 Å². The van der Waals surface area contributed by atoms with Crippen LogP contribution in [0.3, 0.4) is 0 Å². The summed E-state index contributed by atoms with van der Waals surface area (Å²) in [6.07, 6.45) is 2.48. The number of hydrogen-bond acceptors (Lipinski definition) is 6. The van der Waals surface area contributed by atoms with E-state index in [9.17, 15) is 9.59 Å². The van der Waals surface area contributed by atoms with Gasteiger partial charge >= 0.3 is 0 Å². The van der Waals surface area contributed by atoms with E-state index >= 15 is 0 Å². The lowest BCUT2D eigenvalue weighted by molar-refractivity contribution is 0.00994. The van der Waals surface area contributed by atoms with E-state index in [1.807, 2.05) is 0 Å². The molecule has 2 aromatic carbocycles. The summed E-state index contributed by atoms with van der Waals surface area (Å²) in [6.45, 7) is 7.21. The summed E-state index contributed by atoms with van der Waals surface area (Å²) >= 11 is 0. The van der Waals surface area contributed by atoms with Crippen molar-refractivity contribution in [2.24, 2.45) is 11.8 Å². The fourth-order valence-electron chi connectivity index (χ4n) is 4.78. The second-order valence-corrected chi connectivity index (χ2v) is 10.4. The molecule has 2 aromatic rings. The van der Waals surface area contributed by atoms with Crippen molar-refractivity contribution in [2.45, 2.75) is 38.8 Å². The summed E-state index contributed by atoms with van der Waals surface area (Å²) in [4.78, 5) is 30.5. The van der Waals surface area contributed by atoms with Gasteiger partial charge in [0, 0.05) is 57.2 Å². The van der Waals surface area contributed by atoms with Crippen molar-refractivity contribution < 1.29 is 23.8 Å². The van der Waals surface area contributed by atoms with Gasteiger partial charge in [-0.3, -0.25) is 14.5 Å². The lowest BCUT2D eigenvalue weighted by atomic mass is 10.0. The van der Waals surface area contributed by atoms with Gasteiger partial charge in [0.1, 0.15) is 18.1 Å². The molecule has 0 radical (unpaired) electrons. The van der Waals surface area contributed by atoms with Crippen LogP contribution in [0.5, 0.6) is 11.5 Å². The molecule has 8 heteroatoms. The van der Waals surface area contributed by atoms with Crippen LogP contribution in [0.4, 0.5) is 5.69 Å². The second kappa shape index (κ2) is 12.0. The van der Waals surface area contributed by atoms with Crippen LogP contribution in [0.15, 0.2) is 42.5 Å². The first-order chi connectivity index (χ1) is 17.8. The molecule has 200 valence electrons. The molecular formula is C29H39N3O5. The van der Waals surface area contributed by atoms with Gasteiger partial charge in [0.2, 0.25) is 0 Å². The van der Waals surface area contributed by atoms with Crippen LogP contribution in [0, 0.1) is 11.8 Å². The van der Waals surface area contributed by atoms with E-state index < -0.39 is 0 Å². The van der Waals surface area contributed by atoms with Gasteiger partial charge in [0.05, 0.1) is 18.8 Å². The smallest absolute Gasteiger partial charge is 0.257 e. The van der Waals surface area contributed by atoms with Gasteiger partial charge < -0.3 is 24.4 Å². The summed E-state index contributed by atoms with van der Waals surface area (Å²) in [5.74, 6) is 1.67. The molecule has 1 saturated carbocycles. The molecule has 1 fully saturated rings. The third kappa shape index (κ3) is 6.81. The zero-order chi connectivity index (χ0) is 26.5. The molecule has 3 atom stereocenters. The van der Waals surface area contributed by atoms with Gasteiger partial charge in [-0.25, -0.2) is 0 Å². The molecule has 0 aromatic heterocycles. The largest absolute Gasteiger partial charge is 0.497 e. The normalized spacial score (nSPS) is 23.3. The van der Waals surface area contributed by atoms with Crippen LogP contribution in [0.1, 0.15) is 47.4 Å². The minimum absolute atomic E-state index is 0.0759. The average molecular weight is 510 g/mol. The van der Waals surface area contributed by atoms with E-state index in [2.05, 4.69) is 24.1 Å². The summed E-state index contributed by atoms with van der Waals surface area (Å²) in [5, 5.41) is 2.92. The van der Waals surface area contributed by atoms with Gasteiger partial charge in [-0.15, -0.1) is 0 Å². The van der Waals surface area contributed by atoms with Crippen molar-refractivity contribution in [2.75, 3.05) is 52.8 Å². The highest BCUT2D eigenvalue weighted by atomic mass is 16.5. The lowest BCUT2D eigenvalue weighted by Gasteiger charge is -2.36. The summed E-state index contributed by atoms with van der Waals surface area (Å²) in [5.41, 5.74) is 1.50. The number of nitrogens with zero attached hydrogens (tertiary/aromatic N) is 2. The maximum atomic E-state index is 13.4. The Kier molecular flexibility index (Phi) is 8.71. The Labute approximate surface area is 219 Å². The quantitative estimate of drug-likeness (QED) is 0.630. The van der Waals surface area contributed by atoms with Crippen LogP contribution in [-0.4, -0.2) is 81.3 Å². The zero-order valence-corrected chi connectivity index (χ0v) is 22.5. The third-order valence-corrected chi connectivity index (χ3v) is 7.36. The van der Waals surface area contributed by atoms with Crippen molar-refractivity contribution in [3.63, 3.8) is 0 Å². The molecular weight excluding hydrogens is 470 g/mol. The van der Waals surface area contributed by atoms with E-state index in [1.54, 1.807) is 68.6 Å². The summed E-state index contributed by atoms with van der Waals surface area (Å²) in [7, 11) is 5.07.